The third-order valence-electron chi connectivity index (χ3n) is 3.70. The van der Waals surface area contributed by atoms with E-state index in [0.717, 1.165) is 6.26 Å². The normalized spacial score (nSPS) is 18.7. The fourth-order valence-electron chi connectivity index (χ4n) is 2.39. The molecule has 0 saturated carbocycles. The summed E-state index contributed by atoms with van der Waals surface area (Å²) < 4.78 is 30.1. The molecular weight excluding hydrogens is 356 g/mol. The van der Waals surface area contributed by atoms with E-state index in [1.807, 2.05) is 0 Å². The first-order valence-electron chi connectivity index (χ1n) is 8.25. The predicted molar refractivity (Wildman–Crippen MR) is 98.1 cm³/mol. The second kappa shape index (κ2) is 8.18. The summed E-state index contributed by atoms with van der Waals surface area (Å²) in [7, 11) is -3.27. The molecule has 1 atom stereocenters. The molecular formula is C18H24N2O5S. The van der Waals surface area contributed by atoms with Gasteiger partial charge in [0.05, 0.1) is 19.0 Å². The van der Waals surface area contributed by atoms with Crippen LogP contribution in [0.4, 0.5) is 0 Å². The van der Waals surface area contributed by atoms with Crippen molar-refractivity contribution in [1.29, 1.82) is 0 Å². The Balaban J connectivity index is 1.97. The first-order chi connectivity index (χ1) is 12.0. The summed E-state index contributed by atoms with van der Waals surface area (Å²) in [4.78, 5) is 12.3. The van der Waals surface area contributed by atoms with Crippen LogP contribution in [0.15, 0.2) is 24.3 Å². The van der Waals surface area contributed by atoms with Crippen LogP contribution >= 0.6 is 0 Å². The minimum absolute atomic E-state index is 0.213. The van der Waals surface area contributed by atoms with Crippen molar-refractivity contribution in [3.63, 3.8) is 0 Å². The Morgan fingerprint density at radius 3 is 2.85 bits per heavy atom. The van der Waals surface area contributed by atoms with Crippen LogP contribution < -0.4 is 5.32 Å². The highest BCUT2D eigenvalue weighted by molar-refractivity contribution is 7.88. The lowest BCUT2D eigenvalue weighted by atomic mass is 10.1. The van der Waals surface area contributed by atoms with Crippen LogP contribution in [0, 0.1) is 11.8 Å². The van der Waals surface area contributed by atoms with Crippen LogP contribution in [0.1, 0.15) is 29.8 Å². The molecule has 7 nitrogen and oxygen atoms in total. The van der Waals surface area contributed by atoms with Gasteiger partial charge in [-0.2, -0.15) is 4.31 Å². The lowest BCUT2D eigenvalue weighted by Gasteiger charge is -2.31. The highest BCUT2D eigenvalue weighted by Crippen LogP contribution is 2.09. The number of carbonyl (C=O) groups is 1. The molecule has 142 valence electrons. The van der Waals surface area contributed by atoms with Crippen LogP contribution in [-0.4, -0.2) is 67.9 Å². The van der Waals surface area contributed by atoms with Gasteiger partial charge in [-0.05, 0) is 32.0 Å². The van der Waals surface area contributed by atoms with Crippen molar-refractivity contribution in [2.45, 2.75) is 25.6 Å². The van der Waals surface area contributed by atoms with Gasteiger partial charge in [0.2, 0.25) is 10.0 Å². The average Bonchev–Trinajstić information content (AvgIpc) is 2.57. The quantitative estimate of drug-likeness (QED) is 0.728. The van der Waals surface area contributed by atoms with Gasteiger partial charge in [0, 0.05) is 30.8 Å². The van der Waals surface area contributed by atoms with Crippen molar-refractivity contribution in [3.05, 3.63) is 35.4 Å². The van der Waals surface area contributed by atoms with Gasteiger partial charge in [-0.15, -0.1) is 0 Å². The molecule has 2 N–H and O–H groups in total. The van der Waals surface area contributed by atoms with Crippen LogP contribution in [0.2, 0.25) is 0 Å². The molecule has 0 radical (unpaired) electrons. The van der Waals surface area contributed by atoms with Gasteiger partial charge in [0.1, 0.15) is 5.60 Å². The van der Waals surface area contributed by atoms with E-state index in [9.17, 15) is 18.3 Å². The van der Waals surface area contributed by atoms with E-state index in [0.29, 0.717) is 24.3 Å². The van der Waals surface area contributed by atoms with Gasteiger partial charge < -0.3 is 15.2 Å². The van der Waals surface area contributed by atoms with Crippen molar-refractivity contribution in [2.24, 2.45) is 0 Å². The Kier molecular flexibility index (Phi) is 6.42. The molecule has 1 aliphatic rings. The molecule has 0 aromatic heterocycles. The smallest absolute Gasteiger partial charge is 0.251 e. The maximum Gasteiger partial charge on any atom is 0.251 e. The maximum atomic E-state index is 12.3. The molecule has 1 unspecified atom stereocenters. The number of amides is 1. The predicted octanol–water partition coefficient (Wildman–Crippen LogP) is 0.199. The number of nitrogens with one attached hydrogen (secondary N) is 1. The zero-order valence-electron chi connectivity index (χ0n) is 15.2. The monoisotopic (exact) mass is 380 g/mol. The highest BCUT2D eigenvalue weighted by Gasteiger charge is 2.26. The lowest BCUT2D eigenvalue weighted by Crippen LogP contribution is -2.49. The molecule has 1 saturated heterocycles. The van der Waals surface area contributed by atoms with Crippen molar-refractivity contribution < 1.29 is 23.1 Å². The molecule has 0 aliphatic carbocycles. The second-order valence-electron chi connectivity index (χ2n) is 6.71. The van der Waals surface area contributed by atoms with Crippen LogP contribution in [-0.2, 0) is 14.8 Å². The first-order valence-corrected chi connectivity index (χ1v) is 10.1. The van der Waals surface area contributed by atoms with Crippen molar-refractivity contribution in [1.82, 2.24) is 9.62 Å². The lowest BCUT2D eigenvalue weighted by molar-refractivity contribution is 0.000438. The number of nitrogens with zero attached hydrogens (tertiary/aromatic N) is 1. The van der Waals surface area contributed by atoms with E-state index in [2.05, 4.69) is 17.2 Å². The summed E-state index contributed by atoms with van der Waals surface area (Å²) in [5.74, 6) is 5.23. The molecule has 1 aromatic rings. The SMILES string of the molecule is CC(C)(O)C#Cc1cccc(C(=O)NCC2CN(S(C)(=O)=O)CCO2)c1. The van der Waals surface area contributed by atoms with Gasteiger partial charge in [-0.25, -0.2) is 8.42 Å². The number of morpholine rings is 1. The van der Waals surface area contributed by atoms with E-state index in [-0.39, 0.29) is 25.1 Å². The molecule has 1 heterocycles. The molecule has 1 aliphatic heterocycles. The van der Waals surface area contributed by atoms with E-state index < -0.39 is 15.6 Å². The fourth-order valence-corrected chi connectivity index (χ4v) is 3.23. The van der Waals surface area contributed by atoms with Crippen LogP contribution in [0.25, 0.3) is 0 Å². The summed E-state index contributed by atoms with van der Waals surface area (Å²) in [5.41, 5.74) is -0.0533. The van der Waals surface area contributed by atoms with E-state index in [1.165, 1.54) is 4.31 Å². The summed E-state index contributed by atoms with van der Waals surface area (Å²) in [6, 6.07) is 6.77. The summed E-state index contributed by atoms with van der Waals surface area (Å²) in [6.45, 7) is 4.22. The number of ether oxygens (including phenoxy) is 1. The maximum absolute atomic E-state index is 12.3. The van der Waals surface area contributed by atoms with Gasteiger partial charge in [0.15, 0.2) is 0 Å². The zero-order chi connectivity index (χ0) is 19.4. The van der Waals surface area contributed by atoms with Gasteiger partial charge in [-0.1, -0.05) is 17.9 Å². The largest absolute Gasteiger partial charge is 0.378 e. The molecule has 8 heteroatoms. The number of sulfonamides is 1. The molecule has 1 amide bonds. The number of benzene rings is 1. The van der Waals surface area contributed by atoms with E-state index in [4.69, 9.17) is 4.74 Å². The number of hydrogen-bond acceptors (Lipinski definition) is 5. The van der Waals surface area contributed by atoms with Gasteiger partial charge in [0.25, 0.3) is 5.91 Å². The first kappa shape index (κ1) is 20.4. The van der Waals surface area contributed by atoms with Crippen molar-refractivity contribution in [3.8, 4) is 11.8 Å². The van der Waals surface area contributed by atoms with E-state index >= 15 is 0 Å². The zero-order valence-corrected chi connectivity index (χ0v) is 16.0. The number of rotatable bonds is 4. The second-order valence-corrected chi connectivity index (χ2v) is 8.70. The standard InChI is InChI=1S/C18H24N2O5S/c1-18(2,22)8-7-14-5-4-6-15(11-14)17(21)19-12-16-13-20(9-10-25-16)26(3,23)24/h4-6,11,16,22H,9-10,12-13H2,1-3H3,(H,19,21). The number of aliphatic hydroxyl groups is 1. The summed E-state index contributed by atoms with van der Waals surface area (Å²) in [5, 5.41) is 12.4. The topological polar surface area (TPSA) is 95.9 Å². The van der Waals surface area contributed by atoms with Crippen molar-refractivity contribution >= 4 is 15.9 Å². The summed E-state index contributed by atoms with van der Waals surface area (Å²) in [6.07, 6.45) is 0.773. The molecule has 0 spiro atoms. The minimum Gasteiger partial charge on any atom is -0.378 e. The van der Waals surface area contributed by atoms with Crippen LogP contribution in [0.3, 0.4) is 0 Å². The third-order valence-corrected chi connectivity index (χ3v) is 4.97. The Bertz CT molecular complexity index is 818. The molecule has 2 rings (SSSR count). The summed E-state index contributed by atoms with van der Waals surface area (Å²) >= 11 is 0. The molecule has 1 fully saturated rings. The highest BCUT2D eigenvalue weighted by atomic mass is 32.2. The van der Waals surface area contributed by atoms with Gasteiger partial charge >= 0.3 is 0 Å². The third kappa shape index (κ3) is 6.42. The van der Waals surface area contributed by atoms with E-state index in [1.54, 1.807) is 38.1 Å². The van der Waals surface area contributed by atoms with Crippen LogP contribution in [0.5, 0.6) is 0 Å². The molecule has 1 aromatic carbocycles. The van der Waals surface area contributed by atoms with Gasteiger partial charge in [-0.3, -0.25) is 4.79 Å². The number of hydrogen-bond donors (Lipinski definition) is 2. The molecule has 0 bridgehead atoms. The average molecular weight is 380 g/mol. The minimum atomic E-state index is -3.27. The Labute approximate surface area is 154 Å². The Morgan fingerprint density at radius 1 is 1.46 bits per heavy atom. The number of carbonyl (C=O) groups excluding carboxylic acids is 1. The van der Waals surface area contributed by atoms with Crippen molar-refractivity contribution in [2.75, 3.05) is 32.5 Å². The fraction of sp³-hybridized carbons (Fsp3) is 0.500. The molecule has 26 heavy (non-hydrogen) atoms. The Morgan fingerprint density at radius 2 is 2.19 bits per heavy atom. The Hall–Kier alpha value is -1.92.